The second-order valence-electron chi connectivity index (χ2n) is 5.93. The van der Waals surface area contributed by atoms with E-state index in [-0.39, 0.29) is 0 Å². The standard InChI is InChI=1S/C16H16N2O8S2/c1-12(15(17(19)20)27(23,24)13-8-4-2-5-9-13)16(18(21)22)28(25,26)14-10-6-3-7-11-14/h2-12,15-16H,1H3/t15-,16-/m1/s1. The van der Waals surface area contributed by atoms with Crippen LogP contribution in [-0.4, -0.2) is 37.4 Å². The summed E-state index contributed by atoms with van der Waals surface area (Å²) in [5, 5.41) is 18.1. The lowest BCUT2D eigenvalue weighted by Crippen LogP contribution is -2.47. The maximum atomic E-state index is 12.7. The third-order valence-corrected chi connectivity index (χ3v) is 8.43. The summed E-state index contributed by atoms with van der Waals surface area (Å²) in [6.45, 7) is 0.877. The van der Waals surface area contributed by atoms with Crippen LogP contribution in [0.1, 0.15) is 6.92 Å². The van der Waals surface area contributed by atoms with E-state index in [4.69, 9.17) is 0 Å². The predicted molar refractivity (Wildman–Crippen MR) is 98.0 cm³/mol. The summed E-state index contributed by atoms with van der Waals surface area (Å²) in [6, 6.07) is 12.7. The first-order valence-corrected chi connectivity index (χ1v) is 11.0. The molecule has 0 bridgehead atoms. The summed E-state index contributed by atoms with van der Waals surface area (Å²) >= 11 is 0. The van der Waals surface area contributed by atoms with Gasteiger partial charge in [-0.05, 0) is 31.2 Å². The summed E-state index contributed by atoms with van der Waals surface area (Å²) in [5.41, 5.74) is 0. The highest BCUT2D eigenvalue weighted by atomic mass is 32.2. The van der Waals surface area contributed by atoms with Gasteiger partial charge in [-0.25, -0.2) is 16.8 Å². The number of nitrogens with zero attached hydrogens (tertiary/aromatic N) is 2. The Morgan fingerprint density at radius 1 is 0.679 bits per heavy atom. The molecule has 2 rings (SSSR count). The molecule has 2 aromatic rings. The number of nitro groups is 2. The number of benzene rings is 2. The van der Waals surface area contributed by atoms with Crippen LogP contribution >= 0.6 is 0 Å². The normalized spacial score (nSPS) is 14.4. The molecule has 2 atom stereocenters. The van der Waals surface area contributed by atoms with Crippen molar-refractivity contribution in [2.45, 2.75) is 27.5 Å². The zero-order chi connectivity index (χ0) is 21.1. The van der Waals surface area contributed by atoms with E-state index in [0.29, 0.717) is 0 Å². The molecule has 0 aromatic heterocycles. The second kappa shape index (κ2) is 8.02. The molecule has 0 saturated carbocycles. The van der Waals surface area contributed by atoms with Crippen LogP contribution in [0, 0.1) is 26.1 Å². The summed E-state index contributed by atoms with van der Waals surface area (Å²) < 4.78 is 51.0. The molecule has 0 fully saturated rings. The second-order valence-corrected chi connectivity index (χ2v) is 10.0. The van der Waals surface area contributed by atoms with Gasteiger partial charge in [0.05, 0.1) is 9.79 Å². The van der Waals surface area contributed by atoms with Gasteiger partial charge in [0.2, 0.25) is 19.7 Å². The minimum absolute atomic E-state index is 0.428. The maximum absolute atomic E-state index is 12.7. The first-order valence-electron chi connectivity index (χ1n) is 7.86. The molecule has 0 aliphatic carbocycles. The van der Waals surface area contributed by atoms with Crippen molar-refractivity contribution in [3.05, 3.63) is 80.9 Å². The summed E-state index contributed by atoms with van der Waals surface area (Å²) in [4.78, 5) is 19.9. The van der Waals surface area contributed by atoms with E-state index < -0.39 is 56.0 Å². The highest BCUT2D eigenvalue weighted by molar-refractivity contribution is 7.92. The average Bonchev–Trinajstić information content (AvgIpc) is 2.62. The van der Waals surface area contributed by atoms with Gasteiger partial charge in [-0.3, -0.25) is 20.2 Å². The van der Waals surface area contributed by atoms with Crippen LogP contribution in [0.5, 0.6) is 0 Å². The van der Waals surface area contributed by atoms with E-state index >= 15 is 0 Å². The van der Waals surface area contributed by atoms with E-state index in [9.17, 15) is 37.1 Å². The first-order chi connectivity index (χ1) is 13.0. The van der Waals surface area contributed by atoms with Crippen LogP contribution in [0.3, 0.4) is 0 Å². The van der Waals surface area contributed by atoms with Crippen LogP contribution in [0.25, 0.3) is 0 Å². The van der Waals surface area contributed by atoms with Crippen LogP contribution in [-0.2, 0) is 19.7 Å². The Hall–Kier alpha value is -2.86. The van der Waals surface area contributed by atoms with Crippen LogP contribution in [0.2, 0.25) is 0 Å². The molecular formula is C16H16N2O8S2. The molecule has 12 heteroatoms. The molecule has 150 valence electrons. The summed E-state index contributed by atoms with van der Waals surface area (Å²) in [5.74, 6) is -1.97. The van der Waals surface area contributed by atoms with Gasteiger partial charge < -0.3 is 0 Å². The Balaban J connectivity index is 2.61. The Morgan fingerprint density at radius 2 is 0.964 bits per heavy atom. The third kappa shape index (κ3) is 4.02. The fourth-order valence-corrected chi connectivity index (χ4v) is 6.43. The fraction of sp³-hybridized carbons (Fsp3) is 0.250. The smallest absolute Gasteiger partial charge is 0.263 e. The maximum Gasteiger partial charge on any atom is 0.324 e. The zero-order valence-corrected chi connectivity index (χ0v) is 16.1. The lowest BCUT2D eigenvalue weighted by molar-refractivity contribution is -0.544. The highest BCUT2D eigenvalue weighted by Gasteiger charge is 2.55. The number of sulfone groups is 2. The molecule has 0 N–H and O–H groups in total. The molecule has 0 saturated heterocycles. The Morgan fingerprint density at radius 3 is 1.21 bits per heavy atom. The van der Waals surface area contributed by atoms with Crippen molar-refractivity contribution in [2.75, 3.05) is 0 Å². The molecule has 0 unspecified atom stereocenters. The van der Waals surface area contributed by atoms with E-state index in [1.54, 1.807) is 0 Å². The summed E-state index contributed by atoms with van der Waals surface area (Å²) in [7, 11) is -9.38. The van der Waals surface area contributed by atoms with Gasteiger partial charge in [0.25, 0.3) is 0 Å². The highest BCUT2D eigenvalue weighted by Crippen LogP contribution is 2.30. The lowest BCUT2D eigenvalue weighted by Gasteiger charge is -2.20. The van der Waals surface area contributed by atoms with Crippen molar-refractivity contribution in [1.29, 1.82) is 0 Å². The lowest BCUT2D eigenvalue weighted by atomic mass is 10.2. The molecule has 0 aliphatic rings. The minimum Gasteiger partial charge on any atom is -0.263 e. The van der Waals surface area contributed by atoms with Crippen molar-refractivity contribution in [3.8, 4) is 0 Å². The number of hydrogen-bond donors (Lipinski definition) is 0. The van der Waals surface area contributed by atoms with Gasteiger partial charge in [0.15, 0.2) is 0 Å². The monoisotopic (exact) mass is 428 g/mol. The van der Waals surface area contributed by atoms with Gasteiger partial charge in [-0.2, -0.15) is 0 Å². The molecule has 0 spiro atoms. The van der Waals surface area contributed by atoms with Gasteiger partial charge in [0, 0.05) is 9.85 Å². The molecular weight excluding hydrogens is 412 g/mol. The molecule has 28 heavy (non-hydrogen) atoms. The van der Waals surface area contributed by atoms with Gasteiger partial charge in [-0.15, -0.1) is 0 Å². The van der Waals surface area contributed by atoms with Crippen molar-refractivity contribution >= 4 is 19.7 Å². The van der Waals surface area contributed by atoms with Crippen LogP contribution < -0.4 is 0 Å². The quantitative estimate of drug-likeness (QED) is 0.455. The Labute approximate surface area is 161 Å². The Bertz CT molecular complexity index is 983. The van der Waals surface area contributed by atoms with Gasteiger partial charge >= 0.3 is 10.7 Å². The van der Waals surface area contributed by atoms with Gasteiger partial charge in [0.1, 0.15) is 5.92 Å². The van der Waals surface area contributed by atoms with Crippen molar-refractivity contribution in [1.82, 2.24) is 0 Å². The number of rotatable bonds is 8. The topological polar surface area (TPSA) is 155 Å². The largest absolute Gasteiger partial charge is 0.324 e. The fourth-order valence-electron chi connectivity index (χ4n) is 2.82. The third-order valence-electron chi connectivity index (χ3n) is 4.09. The van der Waals surface area contributed by atoms with Crippen molar-refractivity contribution in [2.24, 2.45) is 5.92 Å². The summed E-state index contributed by atoms with van der Waals surface area (Å²) in [6.07, 6.45) is 0. The predicted octanol–water partition coefficient (Wildman–Crippen LogP) is 1.78. The zero-order valence-electron chi connectivity index (χ0n) is 14.5. The molecule has 0 amide bonds. The SMILES string of the molecule is CC([C@H]([N+](=O)[O-])S(=O)(=O)c1ccccc1)[C@H]([N+](=O)[O-])S(=O)(=O)c1ccccc1. The van der Waals surface area contributed by atoms with E-state index in [2.05, 4.69) is 0 Å². The first kappa shape index (κ1) is 21.4. The van der Waals surface area contributed by atoms with E-state index in [0.717, 1.165) is 31.2 Å². The van der Waals surface area contributed by atoms with Crippen LogP contribution in [0.15, 0.2) is 70.5 Å². The van der Waals surface area contributed by atoms with E-state index in [1.165, 1.54) is 36.4 Å². The average molecular weight is 428 g/mol. The molecule has 0 radical (unpaired) electrons. The minimum atomic E-state index is -4.69. The molecule has 0 aliphatic heterocycles. The van der Waals surface area contributed by atoms with E-state index in [1.807, 2.05) is 0 Å². The Kier molecular flexibility index (Phi) is 6.14. The van der Waals surface area contributed by atoms with Gasteiger partial charge in [-0.1, -0.05) is 36.4 Å². The molecule has 10 nitrogen and oxygen atoms in total. The number of hydrogen-bond acceptors (Lipinski definition) is 8. The van der Waals surface area contributed by atoms with Crippen molar-refractivity contribution < 1.29 is 26.7 Å². The van der Waals surface area contributed by atoms with Crippen molar-refractivity contribution in [3.63, 3.8) is 0 Å². The molecule has 0 heterocycles. The van der Waals surface area contributed by atoms with Crippen LogP contribution in [0.4, 0.5) is 0 Å². The molecule has 2 aromatic carbocycles.